The van der Waals surface area contributed by atoms with Crippen molar-refractivity contribution in [2.45, 2.75) is 42.7 Å². The van der Waals surface area contributed by atoms with Gasteiger partial charge in [0.25, 0.3) is 0 Å². The molecule has 2 saturated heterocycles. The standard InChI is InChI=1S/C28H24F5N3O5S/c29-21-22(30)24(32)26(25(33)23(21)31)42-36-8-5-19(36)27(38)35(16-2-3-17(28(39)40)20(37)11-16)13-14-1-4-18(34-12-14)15-6-9-41-10-7-15/h1-4,11-12,15,19,37H,5-10,13H2,(H,39,40)/t19-/m1/s1. The molecule has 0 radical (unpaired) electrons. The van der Waals surface area contributed by atoms with Crippen molar-refractivity contribution >= 4 is 29.5 Å². The predicted molar refractivity (Wildman–Crippen MR) is 140 cm³/mol. The lowest BCUT2D eigenvalue weighted by atomic mass is 9.95. The molecule has 0 bridgehead atoms. The van der Waals surface area contributed by atoms with Crippen LogP contribution in [0.25, 0.3) is 0 Å². The van der Waals surface area contributed by atoms with Gasteiger partial charge in [-0.05, 0) is 55.0 Å². The quantitative estimate of drug-likeness (QED) is 0.152. The highest BCUT2D eigenvalue weighted by Gasteiger charge is 2.40. The van der Waals surface area contributed by atoms with Crippen molar-refractivity contribution in [2.75, 3.05) is 24.7 Å². The van der Waals surface area contributed by atoms with Gasteiger partial charge in [0.1, 0.15) is 22.3 Å². The molecule has 0 unspecified atom stereocenters. The largest absolute Gasteiger partial charge is 0.507 e. The lowest BCUT2D eigenvalue weighted by molar-refractivity contribution is -0.124. The lowest BCUT2D eigenvalue weighted by Crippen LogP contribution is -2.54. The van der Waals surface area contributed by atoms with E-state index in [-0.39, 0.29) is 48.6 Å². The third kappa shape index (κ3) is 5.78. The Hall–Kier alpha value is -3.75. The van der Waals surface area contributed by atoms with E-state index < -0.39 is 57.6 Å². The van der Waals surface area contributed by atoms with Crippen molar-refractivity contribution in [2.24, 2.45) is 0 Å². The van der Waals surface area contributed by atoms with Crippen LogP contribution in [0, 0.1) is 29.1 Å². The van der Waals surface area contributed by atoms with Crippen molar-refractivity contribution in [1.29, 1.82) is 0 Å². The molecule has 2 aromatic carbocycles. The Morgan fingerprint density at radius 1 is 0.976 bits per heavy atom. The molecule has 1 atom stereocenters. The molecule has 42 heavy (non-hydrogen) atoms. The van der Waals surface area contributed by atoms with Crippen LogP contribution in [0.5, 0.6) is 5.75 Å². The fourth-order valence-corrected chi connectivity index (χ4v) is 5.89. The third-order valence-electron chi connectivity index (χ3n) is 7.25. The number of carbonyl (C=O) groups excluding carboxylic acids is 1. The van der Waals surface area contributed by atoms with E-state index in [4.69, 9.17) is 4.74 Å². The number of aromatic nitrogens is 1. The summed E-state index contributed by atoms with van der Waals surface area (Å²) in [5.74, 6) is -12.8. The number of amides is 1. The molecule has 0 aliphatic carbocycles. The first-order valence-corrected chi connectivity index (χ1v) is 13.7. The summed E-state index contributed by atoms with van der Waals surface area (Å²) in [4.78, 5) is 29.8. The molecular formula is C28H24F5N3O5S. The molecule has 222 valence electrons. The fourth-order valence-electron chi connectivity index (χ4n) is 4.79. The maximum atomic E-state index is 14.3. The molecular weight excluding hydrogens is 585 g/mol. The van der Waals surface area contributed by atoms with E-state index in [1.807, 2.05) is 6.07 Å². The SMILES string of the molecule is O=C(O)c1ccc(N(Cc2ccc(C3CCOCC3)nc2)C(=O)[C@H]2CCN2Sc2c(F)c(F)c(F)c(F)c2F)cc1O. The van der Waals surface area contributed by atoms with Gasteiger partial charge in [0.2, 0.25) is 11.7 Å². The summed E-state index contributed by atoms with van der Waals surface area (Å²) in [7, 11) is 0. The number of aromatic hydroxyl groups is 1. The maximum absolute atomic E-state index is 14.3. The Bertz CT molecular complexity index is 1490. The Labute approximate surface area is 240 Å². The normalized spacial score (nSPS) is 17.6. The van der Waals surface area contributed by atoms with E-state index in [0.717, 1.165) is 30.7 Å². The second kappa shape index (κ2) is 12.2. The van der Waals surface area contributed by atoms with Crippen LogP contribution in [0.15, 0.2) is 41.4 Å². The summed E-state index contributed by atoms with van der Waals surface area (Å²) in [6.45, 7) is 1.31. The number of carboxylic acid groups (broad SMARTS) is 1. The van der Waals surface area contributed by atoms with Gasteiger partial charge in [-0.3, -0.25) is 9.78 Å². The minimum atomic E-state index is -2.28. The van der Waals surface area contributed by atoms with Crippen LogP contribution >= 0.6 is 11.9 Å². The van der Waals surface area contributed by atoms with Crippen LogP contribution in [-0.4, -0.2) is 57.2 Å². The summed E-state index contributed by atoms with van der Waals surface area (Å²) in [5, 5.41) is 19.6. The summed E-state index contributed by atoms with van der Waals surface area (Å²) < 4.78 is 76.2. The Morgan fingerprint density at radius 2 is 1.64 bits per heavy atom. The minimum absolute atomic E-state index is 0.0662. The first kappa shape index (κ1) is 29.7. The van der Waals surface area contributed by atoms with Crippen LogP contribution < -0.4 is 4.90 Å². The first-order chi connectivity index (χ1) is 20.1. The zero-order valence-electron chi connectivity index (χ0n) is 21.8. The summed E-state index contributed by atoms with van der Waals surface area (Å²) in [5.41, 5.74) is 1.21. The van der Waals surface area contributed by atoms with Crippen molar-refractivity contribution in [3.63, 3.8) is 0 Å². The molecule has 0 saturated carbocycles. The molecule has 3 aromatic rings. The number of anilines is 1. The van der Waals surface area contributed by atoms with Gasteiger partial charge in [-0.2, -0.15) is 0 Å². The van der Waals surface area contributed by atoms with E-state index in [9.17, 15) is 41.8 Å². The van der Waals surface area contributed by atoms with Gasteiger partial charge < -0.3 is 19.8 Å². The smallest absolute Gasteiger partial charge is 0.339 e. The Morgan fingerprint density at radius 3 is 2.19 bits per heavy atom. The topological polar surface area (TPSA) is 103 Å². The summed E-state index contributed by atoms with van der Waals surface area (Å²) in [6.07, 6.45) is 3.45. The maximum Gasteiger partial charge on any atom is 0.339 e. The van der Waals surface area contributed by atoms with Gasteiger partial charge in [-0.1, -0.05) is 6.07 Å². The van der Waals surface area contributed by atoms with E-state index in [1.165, 1.54) is 15.3 Å². The number of pyridine rings is 1. The second-order valence-electron chi connectivity index (χ2n) is 9.84. The van der Waals surface area contributed by atoms with Gasteiger partial charge in [-0.15, -0.1) is 0 Å². The van der Waals surface area contributed by atoms with Gasteiger partial charge >= 0.3 is 5.97 Å². The highest BCUT2D eigenvalue weighted by atomic mass is 32.2. The van der Waals surface area contributed by atoms with Crippen molar-refractivity contribution in [3.8, 4) is 5.75 Å². The number of nitrogens with zero attached hydrogens (tertiary/aromatic N) is 3. The average molecular weight is 610 g/mol. The summed E-state index contributed by atoms with van der Waals surface area (Å²) in [6, 6.07) is 6.15. The molecule has 5 rings (SSSR count). The highest BCUT2D eigenvalue weighted by molar-refractivity contribution is 7.97. The summed E-state index contributed by atoms with van der Waals surface area (Å²) >= 11 is 0.243. The number of rotatable bonds is 8. The van der Waals surface area contributed by atoms with Crippen LogP contribution in [0.4, 0.5) is 27.6 Å². The highest BCUT2D eigenvalue weighted by Crippen LogP contribution is 2.39. The first-order valence-electron chi connectivity index (χ1n) is 12.9. The third-order valence-corrected chi connectivity index (χ3v) is 8.46. The number of hydrogen-bond acceptors (Lipinski definition) is 7. The van der Waals surface area contributed by atoms with Crippen LogP contribution in [0.3, 0.4) is 0 Å². The number of carbonyl (C=O) groups is 2. The predicted octanol–water partition coefficient (Wildman–Crippen LogP) is 5.39. The zero-order valence-corrected chi connectivity index (χ0v) is 22.6. The van der Waals surface area contributed by atoms with Crippen LogP contribution in [0.1, 0.15) is 46.8 Å². The number of ether oxygens (including phenoxy) is 1. The van der Waals surface area contributed by atoms with Gasteiger partial charge in [-0.25, -0.2) is 31.1 Å². The van der Waals surface area contributed by atoms with Gasteiger partial charge in [0.15, 0.2) is 23.3 Å². The van der Waals surface area contributed by atoms with Crippen molar-refractivity contribution < 1.29 is 46.5 Å². The lowest BCUT2D eigenvalue weighted by Gasteiger charge is -2.41. The van der Waals surface area contributed by atoms with E-state index in [0.29, 0.717) is 18.8 Å². The zero-order chi connectivity index (χ0) is 30.1. The molecule has 2 fully saturated rings. The Kier molecular flexibility index (Phi) is 8.66. The molecule has 8 nitrogen and oxygen atoms in total. The number of carboxylic acids is 1. The van der Waals surface area contributed by atoms with Crippen LogP contribution in [-0.2, 0) is 16.1 Å². The van der Waals surface area contributed by atoms with Gasteiger partial charge in [0.05, 0.1) is 6.54 Å². The molecule has 2 N–H and O–H groups in total. The molecule has 1 amide bonds. The molecule has 14 heteroatoms. The minimum Gasteiger partial charge on any atom is -0.507 e. The number of benzene rings is 2. The molecule has 2 aliphatic rings. The Balaban J connectivity index is 1.42. The number of phenols is 1. The molecule has 0 spiro atoms. The number of aromatic carboxylic acids is 1. The van der Waals surface area contributed by atoms with E-state index in [1.54, 1.807) is 12.3 Å². The van der Waals surface area contributed by atoms with Gasteiger partial charge in [0, 0.05) is 49.3 Å². The average Bonchev–Trinajstić information content (AvgIpc) is 2.97. The van der Waals surface area contributed by atoms with E-state index >= 15 is 0 Å². The van der Waals surface area contributed by atoms with E-state index in [2.05, 4.69) is 4.98 Å². The monoisotopic (exact) mass is 609 g/mol. The van der Waals surface area contributed by atoms with Crippen molar-refractivity contribution in [1.82, 2.24) is 9.29 Å². The molecule has 2 aliphatic heterocycles. The van der Waals surface area contributed by atoms with Crippen LogP contribution in [0.2, 0.25) is 0 Å². The second-order valence-corrected chi connectivity index (χ2v) is 10.9. The molecule has 1 aromatic heterocycles. The number of halogens is 5. The fraction of sp³-hybridized carbons (Fsp3) is 0.321. The van der Waals surface area contributed by atoms with Crippen molar-refractivity contribution in [3.05, 3.63) is 82.4 Å². The molecule has 3 heterocycles. The number of hydrogen-bond donors (Lipinski definition) is 2.